The van der Waals surface area contributed by atoms with E-state index in [1.54, 1.807) is 0 Å². The van der Waals surface area contributed by atoms with Gasteiger partial charge in [0.05, 0.1) is 0 Å². The molecule has 0 aliphatic carbocycles. The third-order valence-corrected chi connectivity index (χ3v) is 6.86. The molecule has 0 aliphatic rings. The Bertz CT molecular complexity index is 613. The quantitative estimate of drug-likeness (QED) is 0.393. The SMILES string of the molecule is Fc1cc[c]([Mg][Br])c(F)c1F.Fc1cc[c]([Mg][Cl])c(F)c1F. The van der Waals surface area contributed by atoms with E-state index in [0.717, 1.165) is 12.1 Å². The molecule has 0 heterocycles. The predicted molar refractivity (Wildman–Crippen MR) is 78.2 cm³/mol. The zero-order valence-electron chi connectivity index (χ0n) is 10.7. The Morgan fingerprint density at radius 1 is 0.682 bits per heavy atom. The second-order valence-electron chi connectivity index (χ2n) is 3.94. The minimum Gasteiger partial charge on any atom is -0.335 e. The first-order chi connectivity index (χ1) is 10.3. The topological polar surface area (TPSA) is 0 Å². The maximum absolute atomic E-state index is 12.7. The highest BCUT2D eigenvalue weighted by Gasteiger charge is 2.13. The van der Waals surface area contributed by atoms with Crippen molar-refractivity contribution in [2.75, 3.05) is 0 Å². The van der Waals surface area contributed by atoms with Crippen molar-refractivity contribution in [1.82, 2.24) is 0 Å². The average Bonchev–Trinajstić information content (AvgIpc) is 2.51. The maximum Gasteiger partial charge on any atom is 0.542 e. The summed E-state index contributed by atoms with van der Waals surface area (Å²) in [6.07, 6.45) is 0. The summed E-state index contributed by atoms with van der Waals surface area (Å²) < 4.78 is 75.0. The fraction of sp³-hybridized carbons (Fsp3) is 0. The number of hydrogen-bond donors (Lipinski definition) is 0. The molecule has 0 aromatic heterocycles. The van der Waals surface area contributed by atoms with Gasteiger partial charge in [0, 0.05) is 0 Å². The first-order valence-electron chi connectivity index (χ1n) is 5.70. The molecule has 22 heavy (non-hydrogen) atoms. The lowest BCUT2D eigenvalue weighted by Crippen LogP contribution is -2.16. The van der Waals surface area contributed by atoms with E-state index in [1.807, 2.05) is 0 Å². The lowest BCUT2D eigenvalue weighted by molar-refractivity contribution is 0.451. The summed E-state index contributed by atoms with van der Waals surface area (Å²) in [4.78, 5) is 0. The van der Waals surface area contributed by atoms with Crippen LogP contribution in [0.5, 0.6) is 0 Å². The van der Waals surface area contributed by atoms with Crippen molar-refractivity contribution in [3.63, 3.8) is 0 Å². The molecule has 112 valence electrons. The molecule has 0 radical (unpaired) electrons. The molecular formula is C12H4BrClF6Mg2. The minimum atomic E-state index is -1.43. The molecule has 2 aromatic rings. The monoisotopic (exact) mass is 424 g/mol. The molecule has 0 spiro atoms. The maximum atomic E-state index is 12.7. The molecule has 0 aliphatic heterocycles. The van der Waals surface area contributed by atoms with Gasteiger partial charge in [0.2, 0.25) is 0 Å². The zero-order valence-corrected chi connectivity index (χ0v) is 15.9. The number of benzene rings is 2. The van der Waals surface area contributed by atoms with Crippen molar-refractivity contribution in [1.29, 1.82) is 0 Å². The molecule has 0 nitrogen and oxygen atoms in total. The Labute approximate surface area is 151 Å². The van der Waals surface area contributed by atoms with Crippen LogP contribution in [0.2, 0.25) is 0 Å². The van der Waals surface area contributed by atoms with Crippen LogP contribution in [0, 0.1) is 34.9 Å². The van der Waals surface area contributed by atoms with Gasteiger partial charge < -0.3 is 9.07 Å². The summed E-state index contributed by atoms with van der Waals surface area (Å²) in [5.74, 6) is -7.34. The molecule has 0 bridgehead atoms. The van der Waals surface area contributed by atoms with Gasteiger partial charge in [0.25, 0.3) is 0 Å². The van der Waals surface area contributed by atoms with Crippen LogP contribution in [0.4, 0.5) is 26.3 Å². The van der Waals surface area contributed by atoms with Crippen molar-refractivity contribution in [2.45, 2.75) is 0 Å². The van der Waals surface area contributed by atoms with Gasteiger partial charge in [0.1, 0.15) is 11.6 Å². The molecule has 0 atom stereocenters. The van der Waals surface area contributed by atoms with Gasteiger partial charge in [0.15, 0.2) is 23.3 Å². The van der Waals surface area contributed by atoms with Gasteiger partial charge in [-0.25, -0.2) is 26.3 Å². The van der Waals surface area contributed by atoms with Crippen LogP contribution in [0.3, 0.4) is 0 Å². The lowest BCUT2D eigenvalue weighted by Gasteiger charge is -1.99. The summed E-state index contributed by atoms with van der Waals surface area (Å²) in [5.41, 5.74) is 0. The Kier molecular flexibility index (Phi) is 8.87. The standard InChI is InChI=1S/2C6H2F3.BrH.ClH.2Mg/c2*7-4-2-1-3-5(8)6(4)9;;;;/h2*1-2H;2*1H;;/q;;;;2*+1/p-2. The van der Waals surface area contributed by atoms with Gasteiger partial charge in [-0.2, -0.15) is 0 Å². The third kappa shape index (κ3) is 5.17. The van der Waals surface area contributed by atoms with Crippen molar-refractivity contribution >= 4 is 66.8 Å². The van der Waals surface area contributed by atoms with E-state index in [1.165, 1.54) is 12.1 Å². The summed E-state index contributed by atoms with van der Waals surface area (Å²) in [6, 6.07) is 4.24. The Morgan fingerprint density at radius 3 is 1.50 bits per heavy atom. The Hall–Kier alpha value is 0.322. The molecule has 0 saturated heterocycles. The summed E-state index contributed by atoms with van der Waals surface area (Å²) in [7, 11) is 5.37. The summed E-state index contributed by atoms with van der Waals surface area (Å²) in [5, 5.41) is 0. The molecular weight excluding hydrogens is 422 g/mol. The van der Waals surface area contributed by atoms with E-state index in [2.05, 4.69) is 12.9 Å². The highest BCUT2D eigenvalue weighted by atomic mass is 79.9. The van der Waals surface area contributed by atoms with Crippen LogP contribution < -0.4 is 7.39 Å². The predicted octanol–water partition coefficient (Wildman–Crippen LogP) is 3.33. The number of hydrogen-bond acceptors (Lipinski definition) is 0. The Morgan fingerprint density at radius 2 is 1.09 bits per heavy atom. The fourth-order valence-corrected chi connectivity index (χ4v) is 4.22. The van der Waals surface area contributed by atoms with Crippen molar-refractivity contribution in [3.8, 4) is 0 Å². The summed E-state index contributed by atoms with van der Waals surface area (Å²) in [6.45, 7) is 0. The highest BCUT2D eigenvalue weighted by Crippen LogP contribution is 2.08. The first kappa shape index (κ1) is 20.4. The van der Waals surface area contributed by atoms with Crippen molar-refractivity contribution in [3.05, 3.63) is 59.2 Å². The number of halogens is 8. The smallest absolute Gasteiger partial charge is 0.335 e. The van der Waals surface area contributed by atoms with Gasteiger partial charge in [-0.05, 0) is 12.1 Å². The van der Waals surface area contributed by atoms with Crippen molar-refractivity contribution in [2.24, 2.45) is 0 Å². The average molecular weight is 426 g/mol. The molecule has 0 saturated carbocycles. The summed E-state index contributed by atoms with van der Waals surface area (Å²) >= 11 is 0.848. The molecule has 0 unspecified atom stereocenters. The second kappa shape index (κ2) is 9.58. The first-order valence-corrected chi connectivity index (χ1v) is 13.1. The van der Waals surface area contributed by atoms with Crippen LogP contribution in [-0.4, -0.2) is 37.5 Å². The Balaban J connectivity index is 0.000000220. The van der Waals surface area contributed by atoms with Gasteiger partial charge >= 0.3 is 37.5 Å². The van der Waals surface area contributed by atoms with E-state index < -0.39 is 72.4 Å². The molecule has 0 amide bonds. The van der Waals surface area contributed by atoms with Gasteiger partial charge in [-0.1, -0.05) is 12.1 Å². The van der Waals surface area contributed by atoms with E-state index in [0.29, 0.717) is 0 Å². The van der Waals surface area contributed by atoms with E-state index in [4.69, 9.17) is 9.07 Å². The number of rotatable bonds is 2. The molecule has 0 fully saturated rings. The molecule has 2 rings (SSSR count). The molecule has 0 N–H and O–H groups in total. The molecule has 10 heteroatoms. The second-order valence-corrected chi connectivity index (χ2v) is 8.48. The van der Waals surface area contributed by atoms with Crippen LogP contribution in [0.15, 0.2) is 24.3 Å². The van der Waals surface area contributed by atoms with E-state index in [9.17, 15) is 26.3 Å². The van der Waals surface area contributed by atoms with E-state index in [-0.39, 0.29) is 7.39 Å². The molecule has 2 aromatic carbocycles. The van der Waals surface area contributed by atoms with Gasteiger partial charge in [-0.3, -0.25) is 12.9 Å². The van der Waals surface area contributed by atoms with Gasteiger partial charge in [-0.15, -0.1) is 7.39 Å². The largest absolute Gasteiger partial charge is 0.542 e. The normalized spacial score (nSPS) is 9.45. The van der Waals surface area contributed by atoms with Crippen molar-refractivity contribution < 1.29 is 26.3 Å². The highest BCUT2D eigenvalue weighted by molar-refractivity contribution is 9.23. The van der Waals surface area contributed by atoms with Crippen LogP contribution >= 0.6 is 22.0 Å². The van der Waals surface area contributed by atoms with Crippen LogP contribution in [0.1, 0.15) is 0 Å². The van der Waals surface area contributed by atoms with E-state index >= 15 is 0 Å². The minimum absolute atomic E-state index is 0.102. The zero-order chi connectivity index (χ0) is 16.9. The van der Waals surface area contributed by atoms with Crippen LogP contribution in [0.25, 0.3) is 0 Å². The third-order valence-electron chi connectivity index (χ3n) is 2.52. The van der Waals surface area contributed by atoms with Crippen LogP contribution in [-0.2, 0) is 0 Å². The lowest BCUT2D eigenvalue weighted by atomic mass is 10.3. The fourth-order valence-electron chi connectivity index (χ4n) is 1.34.